The summed E-state index contributed by atoms with van der Waals surface area (Å²) in [6.45, 7) is -0.118. The summed E-state index contributed by atoms with van der Waals surface area (Å²) in [5.74, 6) is 0. The molecule has 1 rings (SSSR count). The molecule has 1 aromatic heterocycles. The van der Waals surface area contributed by atoms with Crippen molar-refractivity contribution in [1.82, 2.24) is 4.98 Å². The van der Waals surface area contributed by atoms with Crippen LogP contribution >= 0.6 is 11.6 Å². The van der Waals surface area contributed by atoms with Crippen molar-refractivity contribution in [1.29, 1.82) is 0 Å². The molecule has 0 aliphatic heterocycles. The molecule has 2 nitrogen and oxygen atoms in total. The Bertz CT molecular complexity index is 202. The molecule has 0 aliphatic carbocycles. The van der Waals surface area contributed by atoms with Gasteiger partial charge in [-0.1, -0.05) is 11.6 Å². The molecule has 0 spiro atoms. The van der Waals surface area contributed by atoms with Gasteiger partial charge >= 0.3 is 0 Å². The molecule has 0 unspecified atom stereocenters. The normalized spacial score (nSPS) is 9.56. The van der Waals surface area contributed by atoms with Crippen LogP contribution in [0.15, 0.2) is 12.3 Å². The van der Waals surface area contributed by atoms with Gasteiger partial charge < -0.3 is 5.11 Å². The fraction of sp³-hybridized carbons (Fsp3) is 0.167. The van der Waals surface area contributed by atoms with E-state index >= 15 is 0 Å². The summed E-state index contributed by atoms with van der Waals surface area (Å²) >= 11 is 5.57. The van der Waals surface area contributed by atoms with Crippen LogP contribution in [0.25, 0.3) is 0 Å². The molecule has 0 bridgehead atoms. The van der Waals surface area contributed by atoms with Crippen LogP contribution in [0, 0.1) is 6.07 Å². The third-order valence-electron chi connectivity index (χ3n) is 0.930. The quantitative estimate of drug-likeness (QED) is 0.635. The van der Waals surface area contributed by atoms with Gasteiger partial charge in [0.1, 0.15) is 0 Å². The maximum atomic E-state index is 8.56. The number of aromatic nitrogens is 1. The number of hydrogen-bond acceptors (Lipinski definition) is 2. The van der Waals surface area contributed by atoms with Gasteiger partial charge in [-0.2, -0.15) is 0 Å². The van der Waals surface area contributed by atoms with Crippen LogP contribution in [0.5, 0.6) is 0 Å². The lowest BCUT2D eigenvalue weighted by Crippen LogP contribution is -1.87. The van der Waals surface area contributed by atoms with Crippen molar-refractivity contribution in [3.8, 4) is 0 Å². The Morgan fingerprint density at radius 1 is 1.78 bits per heavy atom. The zero-order valence-electron chi connectivity index (χ0n) is 4.63. The summed E-state index contributed by atoms with van der Waals surface area (Å²) in [4.78, 5) is 3.76. The van der Waals surface area contributed by atoms with Crippen LogP contribution < -0.4 is 0 Å². The largest absolute Gasteiger partial charge is 0.390 e. The van der Waals surface area contributed by atoms with Crippen LogP contribution in [-0.4, -0.2) is 10.1 Å². The van der Waals surface area contributed by atoms with E-state index in [0.717, 1.165) is 0 Å². The standard InChI is InChI=1S/C6H5ClNO/c7-5-2-1-3-8-6(5)4-9/h2-3,9H,4H2. The number of hydrogen-bond donors (Lipinski definition) is 1. The van der Waals surface area contributed by atoms with Crippen molar-refractivity contribution >= 4 is 11.6 Å². The summed E-state index contributed by atoms with van der Waals surface area (Å²) in [5.41, 5.74) is 0.496. The van der Waals surface area contributed by atoms with Crippen LogP contribution in [0.2, 0.25) is 5.02 Å². The first kappa shape index (κ1) is 6.52. The summed E-state index contributed by atoms with van der Waals surface area (Å²) in [7, 11) is 0. The smallest absolute Gasteiger partial charge is 0.0868 e. The van der Waals surface area contributed by atoms with Crippen molar-refractivity contribution in [3.63, 3.8) is 0 Å². The molecule has 47 valence electrons. The molecule has 3 heteroatoms. The highest BCUT2D eigenvalue weighted by atomic mass is 35.5. The molecule has 0 saturated heterocycles. The van der Waals surface area contributed by atoms with Gasteiger partial charge in [0.2, 0.25) is 0 Å². The van der Waals surface area contributed by atoms with E-state index in [2.05, 4.69) is 11.1 Å². The Labute approximate surface area is 58.1 Å². The van der Waals surface area contributed by atoms with Gasteiger partial charge in [0.05, 0.1) is 17.3 Å². The van der Waals surface area contributed by atoms with E-state index in [1.165, 1.54) is 6.20 Å². The summed E-state index contributed by atoms with van der Waals surface area (Å²) in [6, 6.07) is 4.25. The Morgan fingerprint density at radius 3 is 3.00 bits per heavy atom. The monoisotopic (exact) mass is 142 g/mol. The zero-order chi connectivity index (χ0) is 6.69. The minimum atomic E-state index is -0.118. The molecule has 1 radical (unpaired) electrons. The number of halogens is 1. The molecule has 0 atom stereocenters. The molecule has 0 fully saturated rings. The lowest BCUT2D eigenvalue weighted by Gasteiger charge is -1.94. The van der Waals surface area contributed by atoms with E-state index in [1.807, 2.05) is 0 Å². The minimum Gasteiger partial charge on any atom is -0.390 e. The number of aliphatic hydroxyl groups is 1. The molecule has 1 aromatic rings. The molecular weight excluding hydrogens is 138 g/mol. The van der Waals surface area contributed by atoms with Gasteiger partial charge in [-0.05, 0) is 6.07 Å². The van der Waals surface area contributed by atoms with Gasteiger partial charge in [-0.25, -0.2) is 0 Å². The van der Waals surface area contributed by atoms with Crippen LogP contribution in [0.1, 0.15) is 5.69 Å². The topological polar surface area (TPSA) is 33.1 Å². The lowest BCUT2D eigenvalue weighted by molar-refractivity contribution is 0.277. The highest BCUT2D eigenvalue weighted by Gasteiger charge is 1.95. The number of aliphatic hydroxyl groups excluding tert-OH is 1. The van der Waals surface area contributed by atoms with Crippen molar-refractivity contribution < 1.29 is 5.11 Å². The van der Waals surface area contributed by atoms with Crippen LogP contribution in [0.4, 0.5) is 0 Å². The highest BCUT2D eigenvalue weighted by molar-refractivity contribution is 6.31. The van der Waals surface area contributed by atoms with Crippen LogP contribution in [0.3, 0.4) is 0 Å². The fourth-order valence-corrected chi connectivity index (χ4v) is 0.658. The van der Waals surface area contributed by atoms with Gasteiger partial charge in [-0.15, -0.1) is 0 Å². The number of nitrogens with zero attached hydrogens (tertiary/aromatic N) is 1. The lowest BCUT2D eigenvalue weighted by atomic mass is 10.4. The Kier molecular flexibility index (Phi) is 2.03. The van der Waals surface area contributed by atoms with E-state index in [1.54, 1.807) is 6.07 Å². The van der Waals surface area contributed by atoms with E-state index < -0.39 is 0 Å². The molecular formula is C6H5ClNO. The SMILES string of the molecule is OCc1nc[c]cc1Cl. The van der Waals surface area contributed by atoms with Gasteiger partial charge in [0.15, 0.2) is 0 Å². The summed E-state index contributed by atoms with van der Waals surface area (Å²) in [5, 5.41) is 9.02. The summed E-state index contributed by atoms with van der Waals surface area (Å²) < 4.78 is 0. The summed E-state index contributed by atoms with van der Waals surface area (Å²) in [6.07, 6.45) is 1.47. The Morgan fingerprint density at radius 2 is 2.56 bits per heavy atom. The average molecular weight is 143 g/mol. The molecule has 1 N–H and O–H groups in total. The second-order valence-corrected chi connectivity index (χ2v) is 1.93. The van der Waals surface area contributed by atoms with Gasteiger partial charge in [0, 0.05) is 12.3 Å². The fourth-order valence-electron chi connectivity index (χ4n) is 0.487. The molecule has 1 heterocycles. The Hall–Kier alpha value is -0.600. The van der Waals surface area contributed by atoms with Crippen molar-refractivity contribution in [2.45, 2.75) is 6.61 Å². The highest BCUT2D eigenvalue weighted by Crippen LogP contribution is 2.10. The van der Waals surface area contributed by atoms with Crippen molar-refractivity contribution in [2.24, 2.45) is 0 Å². The van der Waals surface area contributed by atoms with Gasteiger partial charge in [-0.3, -0.25) is 4.98 Å². The first-order valence-corrected chi connectivity index (χ1v) is 2.83. The van der Waals surface area contributed by atoms with E-state index in [4.69, 9.17) is 16.7 Å². The number of pyridine rings is 1. The molecule has 0 amide bonds. The third-order valence-corrected chi connectivity index (χ3v) is 1.26. The molecule has 0 saturated carbocycles. The second kappa shape index (κ2) is 2.80. The van der Waals surface area contributed by atoms with E-state index in [9.17, 15) is 0 Å². The molecule has 9 heavy (non-hydrogen) atoms. The third kappa shape index (κ3) is 1.40. The second-order valence-electron chi connectivity index (χ2n) is 1.52. The minimum absolute atomic E-state index is 0.118. The molecule has 0 aromatic carbocycles. The Balaban J connectivity index is 3.01. The predicted octanol–water partition coefficient (Wildman–Crippen LogP) is 1.03. The van der Waals surface area contributed by atoms with Crippen LogP contribution in [-0.2, 0) is 6.61 Å². The van der Waals surface area contributed by atoms with Crippen molar-refractivity contribution in [2.75, 3.05) is 0 Å². The maximum absolute atomic E-state index is 8.56. The first-order valence-electron chi connectivity index (χ1n) is 2.46. The maximum Gasteiger partial charge on any atom is 0.0868 e. The number of rotatable bonds is 1. The molecule has 0 aliphatic rings. The zero-order valence-corrected chi connectivity index (χ0v) is 5.39. The first-order chi connectivity index (χ1) is 4.34. The van der Waals surface area contributed by atoms with E-state index in [-0.39, 0.29) is 6.61 Å². The average Bonchev–Trinajstić information content (AvgIpc) is 1.89. The van der Waals surface area contributed by atoms with Gasteiger partial charge in [0.25, 0.3) is 0 Å². The predicted molar refractivity (Wildman–Crippen MR) is 34.0 cm³/mol. The van der Waals surface area contributed by atoms with Crippen molar-refractivity contribution in [3.05, 3.63) is 29.0 Å². The van der Waals surface area contributed by atoms with E-state index in [0.29, 0.717) is 10.7 Å².